The molecule has 13 aromatic rings. The van der Waals surface area contributed by atoms with Crippen LogP contribution in [-0.2, 0) is 0 Å². The highest BCUT2D eigenvalue weighted by molar-refractivity contribution is 6.15. The van der Waals surface area contributed by atoms with E-state index in [0.717, 1.165) is 77.2 Å². The van der Waals surface area contributed by atoms with Crippen molar-refractivity contribution >= 4 is 65.3 Å². The molecule has 13 rings (SSSR count). The van der Waals surface area contributed by atoms with Crippen LogP contribution in [0.2, 0.25) is 0 Å². The Morgan fingerprint density at radius 1 is 0.297 bits per heavy atom. The molecule has 0 aliphatic carbocycles. The minimum atomic E-state index is 0.574. The zero-order chi connectivity index (χ0) is 42.1. The lowest BCUT2D eigenvalue weighted by molar-refractivity contribution is 0.669. The first-order valence-electron chi connectivity index (χ1n) is 21.6. The van der Waals surface area contributed by atoms with Gasteiger partial charge in [0, 0.05) is 43.6 Å². The smallest absolute Gasteiger partial charge is 0.164 e. The maximum atomic E-state index is 6.35. The molecule has 0 amide bonds. The van der Waals surface area contributed by atoms with Crippen molar-refractivity contribution in [2.45, 2.75) is 0 Å². The van der Waals surface area contributed by atoms with E-state index in [1.54, 1.807) is 0 Å². The third kappa shape index (κ3) is 5.90. The van der Waals surface area contributed by atoms with E-state index < -0.39 is 0 Å². The van der Waals surface area contributed by atoms with E-state index in [0.29, 0.717) is 17.5 Å². The van der Waals surface area contributed by atoms with Crippen LogP contribution in [0.25, 0.3) is 127 Å². The second-order valence-corrected chi connectivity index (χ2v) is 16.4. The molecule has 0 radical (unpaired) electrons. The molecule has 3 aromatic heterocycles. The van der Waals surface area contributed by atoms with Gasteiger partial charge in [0.05, 0.1) is 16.7 Å². The van der Waals surface area contributed by atoms with Crippen LogP contribution in [0.5, 0.6) is 0 Å². The van der Waals surface area contributed by atoms with Crippen LogP contribution < -0.4 is 0 Å². The van der Waals surface area contributed by atoms with Gasteiger partial charge in [-0.15, -0.1) is 0 Å². The molecule has 0 N–H and O–H groups in total. The predicted octanol–water partition coefficient (Wildman–Crippen LogP) is 15.5. The average molecular weight is 817 g/mol. The number of nitrogens with zero attached hydrogens (tertiary/aromatic N) is 4. The monoisotopic (exact) mass is 816 g/mol. The summed E-state index contributed by atoms with van der Waals surface area (Å²) in [4.78, 5) is 15.7. The molecule has 0 spiro atoms. The van der Waals surface area contributed by atoms with Gasteiger partial charge in [-0.05, 0) is 99.1 Å². The topological polar surface area (TPSA) is 56.7 Å². The lowest BCUT2D eigenvalue weighted by Gasteiger charge is -2.17. The molecule has 0 aliphatic rings. The van der Waals surface area contributed by atoms with Crippen molar-refractivity contribution in [3.8, 4) is 62.1 Å². The second-order valence-electron chi connectivity index (χ2n) is 16.4. The summed E-state index contributed by atoms with van der Waals surface area (Å²) < 4.78 is 8.78. The van der Waals surface area contributed by atoms with Gasteiger partial charge in [-0.1, -0.05) is 158 Å². The van der Waals surface area contributed by atoms with Crippen molar-refractivity contribution in [2.75, 3.05) is 0 Å². The Hall–Kier alpha value is -8.67. The van der Waals surface area contributed by atoms with Crippen molar-refractivity contribution in [1.82, 2.24) is 19.5 Å². The summed E-state index contributed by atoms with van der Waals surface area (Å²) in [5.41, 5.74) is 12.3. The van der Waals surface area contributed by atoms with Crippen LogP contribution in [0, 0.1) is 0 Å². The molecule has 3 heterocycles. The van der Waals surface area contributed by atoms with Gasteiger partial charge in [0.1, 0.15) is 11.2 Å². The van der Waals surface area contributed by atoms with Crippen LogP contribution in [0.15, 0.2) is 223 Å². The summed E-state index contributed by atoms with van der Waals surface area (Å²) >= 11 is 0. The highest BCUT2D eigenvalue weighted by Crippen LogP contribution is 2.41. The van der Waals surface area contributed by atoms with Crippen LogP contribution in [0.1, 0.15) is 0 Å². The SMILES string of the molecule is c1ccc(-c2cccc(-c3ccc4c(-n5c6ccccc6c6cc7ccccc7cc65)ccc(-c5nc(-c6ccccc6)nc(-c6ccc7c(c6)oc6ccccc67)n5)c4c3)c2)cc1. The number of aromatic nitrogens is 4. The summed E-state index contributed by atoms with van der Waals surface area (Å²) in [5.74, 6) is 1.77. The number of hydrogen-bond donors (Lipinski definition) is 0. The molecule has 64 heavy (non-hydrogen) atoms. The Labute approximate surface area is 368 Å². The van der Waals surface area contributed by atoms with Gasteiger partial charge in [-0.25, -0.2) is 15.0 Å². The number of rotatable bonds is 6. The maximum absolute atomic E-state index is 6.35. The van der Waals surface area contributed by atoms with Crippen LogP contribution in [0.3, 0.4) is 0 Å². The van der Waals surface area contributed by atoms with E-state index in [-0.39, 0.29) is 0 Å². The standard InChI is InChI=1S/C59H36N4O/c1-3-14-37(15-4-1)39-20-13-21-40(32-39)43-26-28-46-50(33-43)49(30-31-53(46)63-52-24-11-9-22-45(52)51-34-41-18-7-8-19-42(41)35-54(51)63)59-61-57(38-16-5-2-6-17-38)60-58(62-59)44-27-29-48-47-23-10-12-25-55(47)64-56(48)36-44/h1-36H. The Morgan fingerprint density at radius 3 is 1.72 bits per heavy atom. The van der Waals surface area contributed by atoms with Crippen molar-refractivity contribution in [3.05, 3.63) is 218 Å². The fourth-order valence-corrected chi connectivity index (χ4v) is 9.53. The van der Waals surface area contributed by atoms with E-state index in [4.69, 9.17) is 19.4 Å². The number of fused-ring (bicyclic) bond motifs is 8. The zero-order valence-corrected chi connectivity index (χ0v) is 34.5. The summed E-state index contributed by atoms with van der Waals surface area (Å²) in [6, 6.07) is 77.2. The largest absolute Gasteiger partial charge is 0.456 e. The van der Waals surface area contributed by atoms with Crippen molar-refractivity contribution in [1.29, 1.82) is 0 Å². The number of hydrogen-bond acceptors (Lipinski definition) is 4. The van der Waals surface area contributed by atoms with Gasteiger partial charge in [-0.2, -0.15) is 0 Å². The van der Waals surface area contributed by atoms with E-state index in [2.05, 4.69) is 180 Å². The summed E-state index contributed by atoms with van der Waals surface area (Å²) in [5, 5.41) is 9.12. The van der Waals surface area contributed by atoms with E-state index >= 15 is 0 Å². The lowest BCUT2D eigenvalue weighted by atomic mass is 9.94. The Balaban J connectivity index is 1.07. The Morgan fingerprint density at radius 2 is 0.891 bits per heavy atom. The Bertz CT molecular complexity index is 3960. The first kappa shape index (κ1) is 36.0. The molecule has 5 heteroatoms. The first-order valence-corrected chi connectivity index (χ1v) is 21.6. The molecule has 0 saturated heterocycles. The molecule has 0 bridgehead atoms. The van der Waals surface area contributed by atoms with Gasteiger partial charge < -0.3 is 8.98 Å². The van der Waals surface area contributed by atoms with E-state index in [1.165, 1.54) is 32.7 Å². The Kier molecular flexibility index (Phi) is 8.15. The molecule has 0 fully saturated rings. The molecular weight excluding hydrogens is 781 g/mol. The quantitative estimate of drug-likeness (QED) is 0.168. The summed E-state index contributed by atoms with van der Waals surface area (Å²) in [7, 11) is 0. The average Bonchev–Trinajstić information content (AvgIpc) is 3.90. The fourth-order valence-electron chi connectivity index (χ4n) is 9.53. The van der Waals surface area contributed by atoms with Gasteiger partial charge in [0.2, 0.25) is 0 Å². The molecule has 5 nitrogen and oxygen atoms in total. The van der Waals surface area contributed by atoms with Crippen molar-refractivity contribution < 1.29 is 4.42 Å². The zero-order valence-electron chi connectivity index (χ0n) is 34.5. The highest BCUT2D eigenvalue weighted by atomic mass is 16.3. The highest BCUT2D eigenvalue weighted by Gasteiger charge is 2.21. The summed E-state index contributed by atoms with van der Waals surface area (Å²) in [6.07, 6.45) is 0. The first-order chi connectivity index (χ1) is 31.7. The minimum Gasteiger partial charge on any atom is -0.456 e. The third-order valence-corrected chi connectivity index (χ3v) is 12.6. The van der Waals surface area contributed by atoms with Crippen molar-refractivity contribution in [2.24, 2.45) is 0 Å². The molecule has 298 valence electrons. The predicted molar refractivity (Wildman–Crippen MR) is 264 cm³/mol. The van der Waals surface area contributed by atoms with Gasteiger partial charge in [0.25, 0.3) is 0 Å². The van der Waals surface area contributed by atoms with Gasteiger partial charge in [0.15, 0.2) is 17.5 Å². The molecular formula is C59H36N4O. The molecule has 0 atom stereocenters. The third-order valence-electron chi connectivity index (χ3n) is 12.6. The van der Waals surface area contributed by atoms with Crippen LogP contribution >= 0.6 is 0 Å². The summed E-state index contributed by atoms with van der Waals surface area (Å²) in [6.45, 7) is 0. The van der Waals surface area contributed by atoms with Crippen LogP contribution in [-0.4, -0.2) is 19.5 Å². The lowest BCUT2D eigenvalue weighted by Crippen LogP contribution is -2.02. The minimum absolute atomic E-state index is 0.574. The fraction of sp³-hybridized carbons (Fsp3) is 0. The number of furan rings is 1. The second kappa shape index (κ2) is 14.5. The van der Waals surface area contributed by atoms with Crippen LogP contribution in [0.4, 0.5) is 0 Å². The molecule has 10 aromatic carbocycles. The molecule has 0 aliphatic heterocycles. The van der Waals surface area contributed by atoms with E-state index in [1.807, 2.05) is 42.5 Å². The maximum Gasteiger partial charge on any atom is 0.164 e. The van der Waals surface area contributed by atoms with Crippen molar-refractivity contribution in [3.63, 3.8) is 0 Å². The normalized spacial score (nSPS) is 11.8. The number of para-hydroxylation sites is 2. The van der Waals surface area contributed by atoms with E-state index in [9.17, 15) is 0 Å². The molecule has 0 unspecified atom stereocenters. The van der Waals surface area contributed by atoms with Gasteiger partial charge in [-0.3, -0.25) is 0 Å². The number of benzene rings is 10. The molecule has 0 saturated carbocycles. The van der Waals surface area contributed by atoms with Gasteiger partial charge >= 0.3 is 0 Å².